The maximum Gasteiger partial charge on any atom is 0.255 e. The lowest BCUT2D eigenvalue weighted by molar-refractivity contribution is -0.183. The first-order valence-corrected chi connectivity index (χ1v) is 47.9. The normalized spacial score (nSPS) is 23.6. The molecular weight excluding hydrogens is 1720 g/mol. The zero-order valence-electron chi connectivity index (χ0n) is 71.0. The highest BCUT2D eigenvalue weighted by Gasteiger charge is 2.66. The maximum absolute atomic E-state index is 16.4. The predicted molar refractivity (Wildman–Crippen MR) is 474 cm³/mol. The molecule has 32 heteroatoms. The second-order valence-electron chi connectivity index (χ2n) is 35.0. The van der Waals surface area contributed by atoms with Gasteiger partial charge in [-0.15, -0.1) is 0 Å². The molecule has 0 aromatic heterocycles. The maximum atomic E-state index is 16.4. The van der Waals surface area contributed by atoms with Crippen molar-refractivity contribution in [2.24, 2.45) is 5.92 Å². The van der Waals surface area contributed by atoms with Gasteiger partial charge in [0.25, 0.3) is 11.8 Å². The fourth-order valence-corrected chi connectivity index (χ4v) is 23.4. The number of sulfone groups is 2. The van der Waals surface area contributed by atoms with Crippen molar-refractivity contribution in [3.05, 3.63) is 215 Å². The molecule has 2 spiro atoms. The van der Waals surface area contributed by atoms with E-state index in [1.54, 1.807) is 115 Å². The summed E-state index contributed by atoms with van der Waals surface area (Å²) in [6.45, 7) is 16.7. The molecule has 8 heterocycles. The van der Waals surface area contributed by atoms with Crippen LogP contribution in [0.25, 0.3) is 0 Å². The number of hydrogen-bond acceptors (Lipinski definition) is 18. The number of anilines is 1. The van der Waals surface area contributed by atoms with Crippen molar-refractivity contribution >= 4 is 131 Å². The number of rotatable bonds is 37. The summed E-state index contributed by atoms with van der Waals surface area (Å²) in [5.74, 6) is -6.24. The van der Waals surface area contributed by atoms with E-state index in [0.717, 1.165) is 27.9 Å². The molecule has 11 atom stereocenters. The van der Waals surface area contributed by atoms with Gasteiger partial charge in [-0.1, -0.05) is 146 Å². The van der Waals surface area contributed by atoms with E-state index < -0.39 is 124 Å². The second kappa shape index (κ2) is 38.4. The van der Waals surface area contributed by atoms with Gasteiger partial charge in [-0.25, -0.2) is 16.8 Å². The number of β-lactam (4-membered cyclic amide) rings is 2. The molecule has 8 aliphatic heterocycles. The van der Waals surface area contributed by atoms with Crippen LogP contribution in [-0.2, 0) is 98.2 Å². The van der Waals surface area contributed by atoms with Crippen LogP contribution >= 0.6 is 46.4 Å². The van der Waals surface area contributed by atoms with Crippen LogP contribution in [0.2, 0.25) is 20.1 Å². The van der Waals surface area contributed by atoms with Gasteiger partial charge in [-0.2, -0.15) is 0 Å². The molecule has 0 saturated carbocycles. The Hall–Kier alpha value is -9.10. The highest BCUT2D eigenvalue weighted by Crippen LogP contribution is 2.57. The van der Waals surface area contributed by atoms with E-state index in [-0.39, 0.29) is 163 Å². The van der Waals surface area contributed by atoms with E-state index in [1.165, 1.54) is 14.7 Å². The lowest BCUT2D eigenvalue weighted by Gasteiger charge is -2.60. The van der Waals surface area contributed by atoms with Gasteiger partial charge in [0.1, 0.15) is 23.2 Å². The summed E-state index contributed by atoms with van der Waals surface area (Å²) in [6.07, 6.45) is 3.11. The second-order valence-corrected chi connectivity index (χ2v) is 41.8. The number of aryl methyl sites for hydroxylation is 1. The van der Waals surface area contributed by atoms with Crippen LogP contribution in [0, 0.1) is 5.92 Å². The number of unbranched alkanes of at least 4 members (excludes halogenated alkanes) is 2. The van der Waals surface area contributed by atoms with Gasteiger partial charge in [-0.05, 0) is 185 Å². The number of halogens is 4. The predicted octanol–water partition coefficient (Wildman–Crippen LogP) is 12.3. The molecule has 0 radical (unpaired) electrons. The van der Waals surface area contributed by atoms with E-state index in [4.69, 9.17) is 60.6 Å². The van der Waals surface area contributed by atoms with Crippen LogP contribution in [-0.4, -0.2) is 222 Å². The average molecular weight is 1830 g/mol. The zero-order valence-corrected chi connectivity index (χ0v) is 75.7. The molecule has 6 aromatic carbocycles. The minimum atomic E-state index is -4.22. The number of benzene rings is 6. The van der Waals surface area contributed by atoms with Crippen LogP contribution < -0.4 is 16.0 Å². The van der Waals surface area contributed by atoms with Crippen molar-refractivity contribution in [2.75, 3.05) is 76.1 Å². The minimum Gasteiger partial charge on any atom is -0.382 e. The molecule has 666 valence electrons. The summed E-state index contributed by atoms with van der Waals surface area (Å²) < 4.78 is 77.6. The molecule has 10 amide bonds. The van der Waals surface area contributed by atoms with E-state index in [2.05, 4.69) is 22.5 Å². The van der Waals surface area contributed by atoms with E-state index in [9.17, 15) is 46.8 Å². The molecular formula is C93H107Cl4N9O17S2. The van der Waals surface area contributed by atoms with E-state index >= 15 is 18.0 Å². The van der Waals surface area contributed by atoms with E-state index in [1.807, 2.05) is 68.4 Å². The lowest BCUT2D eigenvalue weighted by Crippen LogP contribution is -2.75. The molecule has 3 N–H and O–H groups in total. The van der Waals surface area contributed by atoms with Gasteiger partial charge in [0.2, 0.25) is 47.3 Å². The number of ether oxygens (including phenoxy) is 3. The average Bonchev–Trinajstić information content (AvgIpc) is 0.877. The third kappa shape index (κ3) is 19.1. The first-order valence-electron chi connectivity index (χ1n) is 43.0. The summed E-state index contributed by atoms with van der Waals surface area (Å²) in [4.78, 5) is 147. The molecule has 125 heavy (non-hydrogen) atoms. The Bertz CT molecular complexity index is 5450. The first-order chi connectivity index (χ1) is 59.6. The minimum absolute atomic E-state index is 0.00831. The number of nitrogens with zero attached hydrogens (tertiary/aromatic N) is 6. The highest BCUT2D eigenvalue weighted by molar-refractivity contribution is 7.92. The molecule has 6 saturated heterocycles. The summed E-state index contributed by atoms with van der Waals surface area (Å²) >= 11 is 27.5. The number of amides is 10. The van der Waals surface area contributed by atoms with Crippen LogP contribution in [0.1, 0.15) is 201 Å². The zero-order chi connectivity index (χ0) is 89.3. The summed E-state index contributed by atoms with van der Waals surface area (Å²) in [5, 5.41) is 7.61. The number of carbonyl (C=O) groups excluding carboxylic acids is 10. The van der Waals surface area contributed by atoms with Crippen molar-refractivity contribution < 1.29 is 79.0 Å². The number of imide groups is 2. The van der Waals surface area contributed by atoms with Crippen molar-refractivity contribution in [1.82, 2.24) is 40.0 Å². The van der Waals surface area contributed by atoms with Crippen LogP contribution in [0.5, 0.6) is 0 Å². The fraction of sp³-hybridized carbons (Fsp3) is 0.484. The quantitative estimate of drug-likeness (QED) is 0.0141. The molecule has 14 rings (SSSR count). The Labute approximate surface area is 749 Å². The number of carbonyl (C=O) groups is 10. The van der Waals surface area contributed by atoms with Crippen molar-refractivity contribution in [3.8, 4) is 0 Å². The van der Waals surface area contributed by atoms with Gasteiger partial charge in [0.15, 0.2) is 19.7 Å². The Morgan fingerprint density at radius 3 is 1.59 bits per heavy atom. The highest BCUT2D eigenvalue weighted by atomic mass is 35.5. The standard InChI is InChI=1S/C93H107Cl4N9O17S2/c1-55(2)78(53-124(117,118)57(5)6)105-85(61-25-29-66(95)30-26-61)71(48-93(91(105)116)50-83(110)104(93)37-39-122-41-43-123-42-40-121-38-35-98-75-20-13-19-69-73(75)52-102(89(69)114)77-32-34-81(108)100-87(77)112)63-21-22-64(74(97)46-63)44-58(7)125(119,120)54-79(56(3)4)106-84(60-23-27-65(94)28-24-60)70(62-16-11-17-67(96)45-62)47-92(90(106)115)49-82(109)103(92)36-10-8-9-14-59-15-12-18-68-72(59)51-101(88(68)113)76-31-33-80(107)99-86(76)111/h11-13,15-30,45-46,56-58,70-71,76-79,84-85,98H,1,8-10,14,31-44,47-54H2,2-7H3,(H,99,107,111)(H,100,108,112)/t58?,70-,71+,76?,77?,78+,79-,84-,85+,92+,93-/m1/s1. The molecule has 8 aliphatic rings. The fourth-order valence-electron chi connectivity index (χ4n) is 19.6. The third-order valence-corrected chi connectivity index (χ3v) is 32.0. The largest absolute Gasteiger partial charge is 0.382 e. The summed E-state index contributed by atoms with van der Waals surface area (Å²) in [6, 6.07) is 32.6. The van der Waals surface area contributed by atoms with Gasteiger partial charge < -0.3 is 48.9 Å². The Morgan fingerprint density at radius 1 is 0.536 bits per heavy atom. The Balaban J connectivity index is 0.667. The molecule has 0 aliphatic carbocycles. The summed E-state index contributed by atoms with van der Waals surface area (Å²) in [7, 11) is -8.11. The number of piperidine rings is 4. The monoisotopic (exact) mass is 1830 g/mol. The van der Waals surface area contributed by atoms with Gasteiger partial charge >= 0.3 is 0 Å². The molecule has 6 fully saturated rings. The lowest BCUT2D eigenvalue weighted by atomic mass is 9.66. The number of nitrogens with one attached hydrogen (secondary N) is 3. The number of likely N-dealkylation sites (tertiary alicyclic amines) is 4. The molecule has 3 unspecified atom stereocenters. The molecule has 0 bridgehead atoms. The Morgan fingerprint density at radius 2 is 1.05 bits per heavy atom. The SMILES string of the molecule is C=C(C)[C@H](CS(=O)(=O)C(C)C)N1C(=O)[C@]2(CC(=O)N2CCOCCOCCOCCNc2cccc3c2CN(C2CCC(=O)NC2=O)C3=O)C[C@@H](c2ccc(CC(C)S(=O)(=O)C[C@H](C(C)C)N3C(=O)[C@@]4(CC(=O)N4CCCCCc4cccc5c4CN(C4CCC(=O)NC4=O)C5=O)C[C@H](c4cccc(Cl)c4)[C@H]3c3ccc(Cl)cc3)c(Cl)c2)[C@@H]1c1ccc(Cl)cc1. The topological polar surface area (TPSA) is 322 Å². The first kappa shape index (κ1) is 92.1. The van der Waals surface area contributed by atoms with E-state index in [0.29, 0.717) is 92.9 Å². The van der Waals surface area contributed by atoms with Crippen LogP contribution in [0.3, 0.4) is 0 Å². The van der Waals surface area contributed by atoms with Gasteiger partial charge in [0, 0.05) is 106 Å². The van der Waals surface area contributed by atoms with Gasteiger partial charge in [-0.3, -0.25) is 58.6 Å². The number of hydrogen-bond donors (Lipinski definition) is 3. The molecule has 6 aromatic rings. The third-order valence-electron chi connectivity index (χ3n) is 26.5. The Kier molecular flexibility index (Phi) is 28.3. The van der Waals surface area contributed by atoms with Crippen molar-refractivity contribution in [2.45, 2.75) is 208 Å². The van der Waals surface area contributed by atoms with Crippen molar-refractivity contribution in [1.29, 1.82) is 0 Å². The van der Waals surface area contributed by atoms with Crippen LogP contribution in [0.15, 0.2) is 140 Å². The van der Waals surface area contributed by atoms with Crippen molar-refractivity contribution in [3.63, 3.8) is 0 Å². The smallest absolute Gasteiger partial charge is 0.255 e. The molecule has 26 nitrogen and oxygen atoms in total. The number of fused-ring (bicyclic) bond motifs is 2. The van der Waals surface area contributed by atoms with Crippen LogP contribution in [0.4, 0.5) is 5.69 Å². The van der Waals surface area contributed by atoms with Gasteiger partial charge in [0.05, 0.1) is 92.6 Å². The summed E-state index contributed by atoms with van der Waals surface area (Å²) in [5.41, 5.74) is 5.01.